The van der Waals surface area contributed by atoms with Gasteiger partial charge in [-0.05, 0) is 31.0 Å². The number of aryl methyl sites for hydroxylation is 2. The molecule has 0 aliphatic heterocycles. The summed E-state index contributed by atoms with van der Waals surface area (Å²) in [4.78, 5) is 0. The van der Waals surface area contributed by atoms with E-state index in [0.717, 1.165) is 17.0 Å². The first kappa shape index (κ1) is 16.6. The van der Waals surface area contributed by atoms with E-state index in [0.29, 0.717) is 27.9 Å². The van der Waals surface area contributed by atoms with Gasteiger partial charge >= 0.3 is 0 Å². The lowest BCUT2D eigenvalue weighted by Gasteiger charge is -2.17. The number of hydrogen-bond acceptors (Lipinski definition) is 3. The third kappa shape index (κ3) is 3.90. The molecule has 0 saturated heterocycles. The number of hydrazine groups is 1. The Morgan fingerprint density at radius 2 is 2.00 bits per heavy atom. The van der Waals surface area contributed by atoms with Crippen LogP contribution < -0.4 is 11.3 Å². The van der Waals surface area contributed by atoms with Crippen LogP contribution in [0, 0.1) is 6.92 Å². The Morgan fingerprint density at radius 3 is 2.52 bits per heavy atom. The zero-order valence-electron chi connectivity index (χ0n) is 11.8. The zero-order valence-corrected chi connectivity index (χ0v) is 14.1. The van der Waals surface area contributed by atoms with Gasteiger partial charge in [0.25, 0.3) is 0 Å². The van der Waals surface area contributed by atoms with Crippen LogP contribution in [-0.2, 0) is 19.9 Å². The topological polar surface area (TPSA) is 55.9 Å². The van der Waals surface area contributed by atoms with E-state index in [2.05, 4.69) is 10.5 Å². The summed E-state index contributed by atoms with van der Waals surface area (Å²) in [5.74, 6) is 5.66. The summed E-state index contributed by atoms with van der Waals surface area (Å²) in [5.41, 5.74) is 5.56. The van der Waals surface area contributed by atoms with Crippen molar-refractivity contribution < 1.29 is 0 Å². The number of benzene rings is 1. The average Bonchev–Trinajstić information content (AvgIpc) is 2.67. The van der Waals surface area contributed by atoms with Crippen LogP contribution in [0.2, 0.25) is 15.1 Å². The quantitative estimate of drug-likeness (QED) is 0.644. The lowest BCUT2D eigenvalue weighted by Crippen LogP contribution is -2.39. The smallest absolute Gasteiger partial charge is 0.0847 e. The molecule has 2 rings (SSSR count). The normalized spacial score (nSPS) is 12.7. The molecule has 1 unspecified atom stereocenters. The lowest BCUT2D eigenvalue weighted by atomic mass is 10.0. The van der Waals surface area contributed by atoms with E-state index in [4.69, 9.17) is 40.6 Å². The number of rotatable bonds is 5. The molecule has 4 nitrogen and oxygen atoms in total. The summed E-state index contributed by atoms with van der Waals surface area (Å²) in [6.07, 6.45) is 1.33. The fourth-order valence-corrected chi connectivity index (χ4v) is 3.00. The van der Waals surface area contributed by atoms with Crippen molar-refractivity contribution in [1.82, 2.24) is 15.2 Å². The van der Waals surface area contributed by atoms with E-state index >= 15 is 0 Å². The second-order valence-corrected chi connectivity index (χ2v) is 6.20. The van der Waals surface area contributed by atoms with Gasteiger partial charge in [-0.25, -0.2) is 0 Å². The van der Waals surface area contributed by atoms with Gasteiger partial charge in [-0.1, -0.05) is 40.9 Å². The van der Waals surface area contributed by atoms with E-state index in [9.17, 15) is 0 Å². The molecule has 1 heterocycles. The second-order valence-electron chi connectivity index (χ2n) is 4.98. The molecule has 0 aliphatic rings. The molecule has 0 radical (unpaired) electrons. The predicted octanol–water partition coefficient (Wildman–Crippen LogP) is 3.31. The summed E-state index contributed by atoms with van der Waals surface area (Å²) in [6, 6.07) is 5.45. The van der Waals surface area contributed by atoms with E-state index in [1.807, 2.05) is 26.1 Å². The molecular formula is C14H17Cl3N4. The molecule has 0 spiro atoms. The maximum atomic E-state index is 6.27. The molecule has 1 atom stereocenters. The number of hydrogen-bond donors (Lipinski definition) is 2. The summed E-state index contributed by atoms with van der Waals surface area (Å²) < 4.78 is 1.78. The van der Waals surface area contributed by atoms with Crippen LogP contribution in [0.15, 0.2) is 18.2 Å². The largest absolute Gasteiger partial charge is 0.271 e. The zero-order chi connectivity index (χ0) is 15.6. The molecule has 7 heteroatoms. The Morgan fingerprint density at radius 1 is 1.29 bits per heavy atom. The maximum absolute atomic E-state index is 6.27. The molecule has 0 bridgehead atoms. The highest BCUT2D eigenvalue weighted by molar-refractivity contribution is 6.35. The Labute approximate surface area is 139 Å². The summed E-state index contributed by atoms with van der Waals surface area (Å²) in [5, 5.41) is 6.24. The molecule has 0 fully saturated rings. The van der Waals surface area contributed by atoms with Crippen LogP contribution in [-0.4, -0.2) is 15.8 Å². The minimum atomic E-state index is -0.00373. The van der Waals surface area contributed by atoms with Crippen LogP contribution in [0.1, 0.15) is 17.0 Å². The van der Waals surface area contributed by atoms with E-state index in [-0.39, 0.29) is 6.04 Å². The molecule has 1 aromatic carbocycles. The van der Waals surface area contributed by atoms with Gasteiger partial charge in [0.15, 0.2) is 0 Å². The van der Waals surface area contributed by atoms with Crippen molar-refractivity contribution in [2.45, 2.75) is 25.8 Å². The van der Waals surface area contributed by atoms with Crippen molar-refractivity contribution in [3.63, 3.8) is 0 Å². The number of nitrogens with one attached hydrogen (secondary N) is 1. The van der Waals surface area contributed by atoms with Gasteiger partial charge in [0.1, 0.15) is 0 Å². The molecular weight excluding hydrogens is 331 g/mol. The third-order valence-electron chi connectivity index (χ3n) is 3.42. The minimum Gasteiger partial charge on any atom is -0.271 e. The third-order valence-corrected chi connectivity index (χ3v) is 4.50. The van der Waals surface area contributed by atoms with Crippen molar-refractivity contribution in [2.24, 2.45) is 12.9 Å². The van der Waals surface area contributed by atoms with Crippen molar-refractivity contribution in [1.29, 1.82) is 0 Å². The first-order chi connectivity index (χ1) is 9.92. The van der Waals surface area contributed by atoms with E-state index in [1.54, 1.807) is 10.7 Å². The standard InChI is InChI=1S/C14H17Cl3N4/c1-8-14(17)13(21(2)20-8)7-11(19-18)5-9-3-4-10(15)6-12(9)16/h3-4,6,11,19H,5,7,18H2,1-2H3. The van der Waals surface area contributed by atoms with Crippen molar-refractivity contribution >= 4 is 34.8 Å². The fourth-order valence-electron chi connectivity index (χ4n) is 2.28. The van der Waals surface area contributed by atoms with Crippen LogP contribution >= 0.6 is 34.8 Å². The number of halogens is 3. The van der Waals surface area contributed by atoms with Gasteiger partial charge in [0, 0.05) is 29.6 Å². The SMILES string of the molecule is Cc1nn(C)c(CC(Cc2ccc(Cl)cc2Cl)NN)c1Cl. The monoisotopic (exact) mass is 346 g/mol. The van der Waals surface area contributed by atoms with Crippen molar-refractivity contribution in [3.05, 3.63) is 50.2 Å². The van der Waals surface area contributed by atoms with E-state index in [1.165, 1.54) is 0 Å². The van der Waals surface area contributed by atoms with Crippen LogP contribution in [0.4, 0.5) is 0 Å². The Kier molecular flexibility index (Phi) is 5.52. The molecule has 3 N–H and O–H groups in total. The van der Waals surface area contributed by atoms with Gasteiger partial charge in [0.05, 0.1) is 16.4 Å². The highest BCUT2D eigenvalue weighted by Gasteiger charge is 2.17. The molecule has 2 aromatic rings. The van der Waals surface area contributed by atoms with E-state index < -0.39 is 0 Å². The fraction of sp³-hybridized carbons (Fsp3) is 0.357. The molecule has 1 aromatic heterocycles. The van der Waals surface area contributed by atoms with Gasteiger partial charge in [0.2, 0.25) is 0 Å². The summed E-state index contributed by atoms with van der Waals surface area (Å²) in [7, 11) is 1.87. The number of nitrogens with zero attached hydrogens (tertiary/aromatic N) is 2. The average molecular weight is 348 g/mol. The molecule has 114 valence electrons. The van der Waals surface area contributed by atoms with Gasteiger partial charge in [-0.2, -0.15) is 5.10 Å². The molecule has 21 heavy (non-hydrogen) atoms. The Balaban J connectivity index is 2.17. The Hall–Kier alpha value is -0.780. The van der Waals surface area contributed by atoms with Crippen molar-refractivity contribution in [2.75, 3.05) is 0 Å². The van der Waals surface area contributed by atoms with Gasteiger partial charge in [-0.15, -0.1) is 0 Å². The summed E-state index contributed by atoms with van der Waals surface area (Å²) >= 11 is 18.4. The number of aromatic nitrogens is 2. The minimum absolute atomic E-state index is 0.00373. The van der Waals surface area contributed by atoms with Crippen molar-refractivity contribution in [3.8, 4) is 0 Å². The van der Waals surface area contributed by atoms with Crippen LogP contribution in [0.3, 0.4) is 0 Å². The summed E-state index contributed by atoms with van der Waals surface area (Å²) in [6.45, 7) is 1.88. The predicted molar refractivity (Wildman–Crippen MR) is 87.9 cm³/mol. The highest BCUT2D eigenvalue weighted by Crippen LogP contribution is 2.25. The molecule has 0 aliphatic carbocycles. The van der Waals surface area contributed by atoms with Gasteiger partial charge in [-0.3, -0.25) is 16.0 Å². The molecule has 0 amide bonds. The second kappa shape index (κ2) is 6.99. The van der Waals surface area contributed by atoms with Crippen LogP contribution in [0.25, 0.3) is 0 Å². The maximum Gasteiger partial charge on any atom is 0.0847 e. The van der Waals surface area contributed by atoms with Crippen LogP contribution in [0.5, 0.6) is 0 Å². The Bertz CT molecular complexity index is 639. The number of nitrogens with two attached hydrogens (primary N) is 1. The van der Waals surface area contributed by atoms with Gasteiger partial charge < -0.3 is 0 Å². The molecule has 0 saturated carbocycles. The lowest BCUT2D eigenvalue weighted by molar-refractivity contribution is 0.505. The highest BCUT2D eigenvalue weighted by atomic mass is 35.5. The first-order valence-corrected chi connectivity index (χ1v) is 7.63. The first-order valence-electron chi connectivity index (χ1n) is 6.50.